The monoisotopic (exact) mass is 945 g/mol. The average Bonchev–Trinajstić information content (AvgIpc) is 3.31. The Hall–Kier alpha value is -1.53. The Morgan fingerprint density at radius 1 is 0.485 bits per heavy atom. The summed E-state index contributed by atoms with van der Waals surface area (Å²) >= 11 is 0. The Labute approximate surface area is 398 Å². The SMILES string of the molecule is CCCCCCCC/C=C\CCCCCCCC(=O)OC(COCCCCCCCC/C=C\CCCCCCCCC)COC1OC(COC2OC(CO)C(O)C(O)C2O)C(O)C(O)C1O. The number of unbranched alkanes of at least 4 members (excludes halogenated alkanes) is 24. The molecule has 14 nitrogen and oxygen atoms in total. The van der Waals surface area contributed by atoms with Crippen LogP contribution in [-0.2, 0) is 33.2 Å². The summed E-state index contributed by atoms with van der Waals surface area (Å²) in [5, 5.41) is 72.1. The van der Waals surface area contributed by atoms with Crippen LogP contribution >= 0.6 is 0 Å². The molecule has 2 saturated heterocycles. The van der Waals surface area contributed by atoms with Crippen LogP contribution in [0.1, 0.15) is 200 Å². The normalized spacial score (nSPS) is 26.4. The van der Waals surface area contributed by atoms with E-state index in [2.05, 4.69) is 38.2 Å². The summed E-state index contributed by atoms with van der Waals surface area (Å²) in [6, 6.07) is 0. The minimum absolute atomic E-state index is 0.0565. The highest BCUT2D eigenvalue weighted by molar-refractivity contribution is 5.69. The van der Waals surface area contributed by atoms with Crippen molar-refractivity contribution in [1.82, 2.24) is 0 Å². The molecule has 388 valence electrons. The van der Waals surface area contributed by atoms with Crippen LogP contribution in [-0.4, -0.2) is 142 Å². The first-order chi connectivity index (χ1) is 32.1. The van der Waals surface area contributed by atoms with Crippen LogP contribution in [0, 0.1) is 0 Å². The number of aliphatic hydroxyl groups is 7. The van der Waals surface area contributed by atoms with Gasteiger partial charge in [0, 0.05) is 13.0 Å². The topological polar surface area (TPSA) is 214 Å². The van der Waals surface area contributed by atoms with E-state index in [1.807, 2.05) is 0 Å². The van der Waals surface area contributed by atoms with Crippen LogP contribution in [0.15, 0.2) is 24.3 Å². The highest BCUT2D eigenvalue weighted by Gasteiger charge is 2.47. The molecule has 14 heteroatoms. The molecule has 2 aliphatic rings. The van der Waals surface area contributed by atoms with E-state index < -0.39 is 80.7 Å². The molecule has 2 rings (SSSR count). The van der Waals surface area contributed by atoms with Crippen molar-refractivity contribution in [3.8, 4) is 0 Å². The van der Waals surface area contributed by atoms with Crippen molar-refractivity contribution < 1.29 is 69.0 Å². The van der Waals surface area contributed by atoms with E-state index in [0.717, 1.165) is 64.2 Å². The van der Waals surface area contributed by atoms with Crippen molar-refractivity contribution >= 4 is 5.97 Å². The smallest absolute Gasteiger partial charge is 0.306 e. The van der Waals surface area contributed by atoms with Gasteiger partial charge in [0.1, 0.15) is 54.9 Å². The van der Waals surface area contributed by atoms with Gasteiger partial charge in [-0.05, 0) is 64.2 Å². The van der Waals surface area contributed by atoms with Gasteiger partial charge in [-0.2, -0.15) is 0 Å². The summed E-state index contributed by atoms with van der Waals surface area (Å²) in [7, 11) is 0. The fraction of sp³-hybridized carbons (Fsp3) is 0.904. The molecule has 0 aliphatic carbocycles. The summed E-state index contributed by atoms with van der Waals surface area (Å²) in [5.74, 6) is -0.385. The maximum absolute atomic E-state index is 13.0. The molecule has 7 N–H and O–H groups in total. The maximum atomic E-state index is 13.0. The molecular weight excluding hydrogens is 849 g/mol. The molecule has 0 aromatic rings. The van der Waals surface area contributed by atoms with Crippen molar-refractivity contribution in [3.63, 3.8) is 0 Å². The maximum Gasteiger partial charge on any atom is 0.306 e. The Morgan fingerprint density at radius 3 is 1.38 bits per heavy atom. The number of hydrogen-bond acceptors (Lipinski definition) is 14. The highest BCUT2D eigenvalue weighted by atomic mass is 16.7. The molecule has 0 amide bonds. The number of rotatable bonds is 42. The third kappa shape index (κ3) is 27.6. The molecule has 0 spiro atoms. The summed E-state index contributed by atoms with van der Waals surface area (Å²) in [6.07, 6.45) is 26.6. The Kier molecular flexibility index (Phi) is 36.9. The summed E-state index contributed by atoms with van der Waals surface area (Å²) in [6.45, 7) is 3.67. The van der Waals surface area contributed by atoms with Crippen molar-refractivity contribution in [2.75, 3.05) is 33.0 Å². The van der Waals surface area contributed by atoms with Crippen LogP contribution < -0.4 is 0 Å². The largest absolute Gasteiger partial charge is 0.457 e. The lowest BCUT2D eigenvalue weighted by atomic mass is 9.98. The first-order valence-corrected chi connectivity index (χ1v) is 26.4. The molecule has 2 aliphatic heterocycles. The molecular formula is C52H96O14. The van der Waals surface area contributed by atoms with Crippen molar-refractivity contribution in [2.45, 2.75) is 268 Å². The van der Waals surface area contributed by atoms with Crippen molar-refractivity contribution in [3.05, 3.63) is 24.3 Å². The molecule has 0 aromatic heterocycles. The molecule has 2 heterocycles. The Bertz CT molecular complexity index is 1190. The number of carbonyl (C=O) groups excluding carboxylic acids is 1. The molecule has 0 saturated carbocycles. The van der Waals surface area contributed by atoms with E-state index in [0.29, 0.717) is 13.0 Å². The minimum Gasteiger partial charge on any atom is -0.457 e. The van der Waals surface area contributed by atoms with Crippen LogP contribution in [0.3, 0.4) is 0 Å². The van der Waals surface area contributed by atoms with Gasteiger partial charge in [0.25, 0.3) is 0 Å². The van der Waals surface area contributed by atoms with Gasteiger partial charge in [-0.15, -0.1) is 0 Å². The number of carbonyl (C=O) groups is 1. The van der Waals surface area contributed by atoms with Gasteiger partial charge in [0.2, 0.25) is 0 Å². The summed E-state index contributed by atoms with van der Waals surface area (Å²) in [4.78, 5) is 13.0. The Balaban J connectivity index is 1.77. The quantitative estimate of drug-likeness (QED) is 0.0175. The van der Waals surface area contributed by atoms with E-state index in [1.54, 1.807) is 0 Å². The third-order valence-corrected chi connectivity index (χ3v) is 12.7. The number of aliphatic hydroxyl groups excluding tert-OH is 7. The zero-order valence-corrected chi connectivity index (χ0v) is 41.2. The van der Waals surface area contributed by atoms with Gasteiger partial charge in [-0.3, -0.25) is 4.79 Å². The fourth-order valence-corrected chi connectivity index (χ4v) is 8.33. The molecule has 0 bridgehead atoms. The van der Waals surface area contributed by atoms with Crippen molar-refractivity contribution in [1.29, 1.82) is 0 Å². The standard InChI is InChI=1S/C52H96O14/c1-3-5-7-9-11-13-15-17-19-20-22-24-26-28-30-32-34-36-61-38-41(64-44(54)35-33-31-29-27-25-23-21-18-16-14-12-10-8-6-4-2)39-62-51-50(60)48(58)46(56)43(66-51)40-63-52-49(59)47(57)45(55)42(37-53)65-52/h18-21,41-43,45-53,55-60H,3-17,22-40H2,1-2H3/b20-19-,21-18-. The van der Waals surface area contributed by atoms with Gasteiger partial charge in [0.15, 0.2) is 12.6 Å². The zero-order chi connectivity index (χ0) is 48.0. The van der Waals surface area contributed by atoms with E-state index in [1.165, 1.54) is 109 Å². The molecule has 0 radical (unpaired) electrons. The number of allylic oxidation sites excluding steroid dienone is 4. The second kappa shape index (κ2) is 40.2. The number of ether oxygens (including phenoxy) is 6. The van der Waals surface area contributed by atoms with Crippen LogP contribution in [0.5, 0.6) is 0 Å². The first-order valence-electron chi connectivity index (χ1n) is 26.4. The van der Waals surface area contributed by atoms with E-state index in [9.17, 15) is 40.5 Å². The average molecular weight is 945 g/mol. The summed E-state index contributed by atoms with van der Waals surface area (Å²) in [5.41, 5.74) is 0. The fourth-order valence-electron chi connectivity index (χ4n) is 8.33. The lowest BCUT2D eigenvalue weighted by molar-refractivity contribution is -0.332. The second-order valence-corrected chi connectivity index (χ2v) is 18.7. The molecule has 0 aromatic carbocycles. The van der Waals surface area contributed by atoms with Crippen LogP contribution in [0.4, 0.5) is 0 Å². The van der Waals surface area contributed by atoms with Gasteiger partial charge >= 0.3 is 5.97 Å². The lowest BCUT2D eigenvalue weighted by Gasteiger charge is -2.42. The third-order valence-electron chi connectivity index (χ3n) is 12.7. The van der Waals surface area contributed by atoms with Crippen molar-refractivity contribution in [2.24, 2.45) is 0 Å². The number of esters is 1. The summed E-state index contributed by atoms with van der Waals surface area (Å²) < 4.78 is 34.3. The predicted molar refractivity (Wildman–Crippen MR) is 257 cm³/mol. The molecule has 2 fully saturated rings. The minimum atomic E-state index is -1.71. The predicted octanol–water partition coefficient (Wildman–Crippen LogP) is 8.02. The molecule has 11 unspecified atom stereocenters. The highest BCUT2D eigenvalue weighted by Crippen LogP contribution is 2.26. The van der Waals surface area contributed by atoms with Gasteiger partial charge in [-0.1, -0.05) is 154 Å². The van der Waals surface area contributed by atoms with Gasteiger partial charge < -0.3 is 64.2 Å². The van der Waals surface area contributed by atoms with E-state index in [4.69, 9.17) is 28.4 Å². The van der Waals surface area contributed by atoms with Gasteiger partial charge in [-0.25, -0.2) is 0 Å². The van der Waals surface area contributed by atoms with E-state index in [-0.39, 0.29) is 25.6 Å². The van der Waals surface area contributed by atoms with E-state index >= 15 is 0 Å². The lowest BCUT2D eigenvalue weighted by Crippen LogP contribution is -2.61. The molecule has 11 atom stereocenters. The first kappa shape index (κ1) is 60.6. The second-order valence-electron chi connectivity index (χ2n) is 18.7. The van der Waals surface area contributed by atoms with Gasteiger partial charge in [0.05, 0.1) is 26.4 Å². The van der Waals surface area contributed by atoms with Crippen LogP contribution in [0.2, 0.25) is 0 Å². The zero-order valence-electron chi connectivity index (χ0n) is 41.2. The Morgan fingerprint density at radius 2 is 0.894 bits per heavy atom. The molecule has 66 heavy (non-hydrogen) atoms. The van der Waals surface area contributed by atoms with Crippen LogP contribution in [0.25, 0.3) is 0 Å². The number of hydrogen-bond donors (Lipinski definition) is 7.